The average molecular weight is 364 g/mol. The van der Waals surface area contributed by atoms with E-state index in [1.54, 1.807) is 0 Å². The lowest BCUT2D eigenvalue weighted by Crippen LogP contribution is -2.43. The van der Waals surface area contributed by atoms with Crippen molar-refractivity contribution >= 4 is 20.2 Å². The second-order valence-corrected chi connectivity index (χ2v) is 7.88. The summed E-state index contributed by atoms with van der Waals surface area (Å²) in [5.41, 5.74) is 0. The highest BCUT2D eigenvalue weighted by atomic mass is 32.2. The molecule has 4 N–H and O–H groups in total. The van der Waals surface area contributed by atoms with Crippen LogP contribution < -0.4 is 10.6 Å². The number of hydrogen-bond donors (Lipinski definition) is 4. The van der Waals surface area contributed by atoms with Crippen LogP contribution in [-0.4, -0.2) is 91.2 Å². The highest BCUT2D eigenvalue weighted by Gasteiger charge is 2.15. The highest BCUT2D eigenvalue weighted by Crippen LogP contribution is 1.92. The molecule has 0 unspecified atom stereocenters. The van der Waals surface area contributed by atoms with E-state index in [9.17, 15) is 27.0 Å². The molecule has 134 valence electrons. The molecule has 0 rings (SSSR count). The normalized spacial score (nSPS) is 15.6. The summed E-state index contributed by atoms with van der Waals surface area (Å²) in [4.78, 5) is 0. The average Bonchev–Trinajstić information content (AvgIpc) is 2.34. The molecule has 0 amide bonds. The van der Waals surface area contributed by atoms with E-state index in [0.29, 0.717) is 0 Å². The molecule has 2 atom stereocenters. The zero-order valence-electron chi connectivity index (χ0n) is 12.6. The maximum atomic E-state index is 10.7. The Hall–Kier alpha value is -0.340. The fourth-order valence-electron chi connectivity index (χ4n) is 1.30. The lowest BCUT2D eigenvalue weighted by Gasteiger charge is -2.18. The number of aliphatic hydroxyl groups excluding tert-OH is 2. The molecule has 10 nitrogen and oxygen atoms in total. The lowest BCUT2D eigenvalue weighted by atomic mass is 10.2. The van der Waals surface area contributed by atoms with Gasteiger partial charge in [0.05, 0.1) is 37.9 Å². The molecule has 0 aromatic rings. The number of rotatable bonds is 13. The Morgan fingerprint density at radius 1 is 0.818 bits per heavy atom. The number of hydrogen-bond acceptors (Lipinski definition) is 10. The lowest BCUT2D eigenvalue weighted by molar-refractivity contribution is 0.0203. The minimum Gasteiger partial charge on any atom is -0.389 e. The summed E-state index contributed by atoms with van der Waals surface area (Å²) in [6.07, 6.45) is -0.265. The predicted octanol–water partition coefficient (Wildman–Crippen LogP) is -3.16. The molecule has 0 aliphatic carbocycles. The zero-order valence-corrected chi connectivity index (χ0v) is 14.2. The first-order chi connectivity index (χ1) is 10.0. The van der Waals surface area contributed by atoms with E-state index < -0.39 is 32.4 Å². The zero-order chi connectivity index (χ0) is 17.2. The molecule has 0 saturated carbocycles. The van der Waals surface area contributed by atoms with Crippen LogP contribution in [0.15, 0.2) is 0 Å². The van der Waals surface area contributed by atoms with Crippen LogP contribution >= 0.6 is 0 Å². The molecule has 0 radical (unpaired) electrons. The Bertz CT molecular complexity index is 447. The number of nitrogens with one attached hydrogen (secondary N) is 2. The predicted molar refractivity (Wildman–Crippen MR) is 79.3 cm³/mol. The van der Waals surface area contributed by atoms with E-state index >= 15 is 0 Å². The van der Waals surface area contributed by atoms with E-state index in [0.717, 1.165) is 12.5 Å². The summed E-state index contributed by atoms with van der Waals surface area (Å²) in [6, 6.07) is 0. The van der Waals surface area contributed by atoms with Crippen molar-refractivity contribution in [3.05, 3.63) is 0 Å². The van der Waals surface area contributed by atoms with Crippen LogP contribution in [0.3, 0.4) is 0 Å². The Kier molecular flexibility index (Phi) is 10.3. The highest BCUT2D eigenvalue weighted by molar-refractivity contribution is 7.86. The first kappa shape index (κ1) is 21.7. The van der Waals surface area contributed by atoms with Crippen LogP contribution in [0.25, 0.3) is 0 Å². The van der Waals surface area contributed by atoms with Crippen molar-refractivity contribution in [1.29, 1.82) is 0 Å². The second kappa shape index (κ2) is 10.4. The third-order valence-corrected chi connectivity index (χ3v) is 3.49. The van der Waals surface area contributed by atoms with Crippen molar-refractivity contribution in [2.75, 3.05) is 51.9 Å². The summed E-state index contributed by atoms with van der Waals surface area (Å²) < 4.78 is 51.7. The van der Waals surface area contributed by atoms with Gasteiger partial charge in [0, 0.05) is 26.2 Å². The molecule has 0 aliphatic heterocycles. The van der Waals surface area contributed by atoms with Crippen molar-refractivity contribution < 1.29 is 35.4 Å². The molecule has 0 bridgehead atoms. The van der Waals surface area contributed by atoms with Gasteiger partial charge in [-0.2, -0.15) is 16.8 Å². The Morgan fingerprint density at radius 3 is 1.41 bits per heavy atom. The van der Waals surface area contributed by atoms with Gasteiger partial charge in [-0.3, -0.25) is 8.37 Å². The molecule has 0 aromatic carbocycles. The van der Waals surface area contributed by atoms with Gasteiger partial charge in [0.15, 0.2) is 0 Å². The maximum absolute atomic E-state index is 10.7. The van der Waals surface area contributed by atoms with Crippen LogP contribution in [0, 0.1) is 0 Å². The summed E-state index contributed by atoms with van der Waals surface area (Å²) in [6.45, 7) is 0.371. The van der Waals surface area contributed by atoms with Gasteiger partial charge in [-0.05, 0) is 0 Å². The Labute approximate surface area is 131 Å². The molecular formula is C10H24N2O8S2. The van der Waals surface area contributed by atoms with Crippen molar-refractivity contribution in [1.82, 2.24) is 10.6 Å². The van der Waals surface area contributed by atoms with Gasteiger partial charge in [0.1, 0.15) is 0 Å². The molecule has 0 fully saturated rings. The fraction of sp³-hybridized carbons (Fsp3) is 1.00. The van der Waals surface area contributed by atoms with Gasteiger partial charge in [-0.1, -0.05) is 0 Å². The van der Waals surface area contributed by atoms with E-state index in [-0.39, 0.29) is 39.4 Å². The molecule has 12 heteroatoms. The van der Waals surface area contributed by atoms with Crippen LogP contribution in [0.4, 0.5) is 0 Å². The topological polar surface area (TPSA) is 151 Å². The minimum atomic E-state index is -3.49. The van der Waals surface area contributed by atoms with Crippen LogP contribution in [0.1, 0.15) is 0 Å². The van der Waals surface area contributed by atoms with Crippen molar-refractivity contribution in [2.45, 2.75) is 12.2 Å². The van der Waals surface area contributed by atoms with Gasteiger partial charge in [-0.15, -0.1) is 0 Å². The summed E-state index contributed by atoms with van der Waals surface area (Å²) in [5, 5.41) is 24.7. The third-order valence-electron chi connectivity index (χ3n) is 2.30. The van der Waals surface area contributed by atoms with Gasteiger partial charge >= 0.3 is 0 Å². The van der Waals surface area contributed by atoms with Crippen LogP contribution in [0.2, 0.25) is 0 Å². The van der Waals surface area contributed by atoms with Crippen molar-refractivity contribution in [3.63, 3.8) is 0 Å². The Morgan fingerprint density at radius 2 is 1.14 bits per heavy atom. The van der Waals surface area contributed by atoms with Gasteiger partial charge < -0.3 is 20.8 Å². The summed E-state index contributed by atoms with van der Waals surface area (Å²) in [7, 11) is -6.97. The van der Waals surface area contributed by atoms with E-state index in [1.807, 2.05) is 0 Å². The largest absolute Gasteiger partial charge is 0.389 e. The smallest absolute Gasteiger partial charge is 0.264 e. The SMILES string of the molecule is CS(=O)(=O)OCCNC[C@@H](O)[C@@H](O)CNCCOS(C)(=O)=O. The van der Waals surface area contributed by atoms with Crippen molar-refractivity contribution in [3.8, 4) is 0 Å². The Balaban J connectivity index is 3.64. The molecular weight excluding hydrogens is 340 g/mol. The van der Waals surface area contributed by atoms with Crippen molar-refractivity contribution in [2.24, 2.45) is 0 Å². The standard InChI is InChI=1S/C10H24N2O8S2/c1-21(15,16)19-5-3-11-7-9(13)10(14)8-12-4-6-20-22(2,17)18/h9-14H,3-8H2,1-2H3/t9-,10+. The van der Waals surface area contributed by atoms with Gasteiger partial charge in [-0.25, -0.2) is 0 Å². The first-order valence-corrected chi connectivity index (χ1v) is 10.1. The maximum Gasteiger partial charge on any atom is 0.264 e. The van der Waals surface area contributed by atoms with Gasteiger partial charge in [0.2, 0.25) is 0 Å². The minimum absolute atomic E-state index is 0.0514. The van der Waals surface area contributed by atoms with E-state index in [1.165, 1.54) is 0 Å². The van der Waals surface area contributed by atoms with Gasteiger partial charge in [0.25, 0.3) is 20.2 Å². The molecule has 22 heavy (non-hydrogen) atoms. The molecule has 0 heterocycles. The van der Waals surface area contributed by atoms with E-state index in [4.69, 9.17) is 0 Å². The summed E-state index contributed by atoms with van der Waals surface area (Å²) >= 11 is 0. The molecule has 0 aromatic heterocycles. The fourth-order valence-corrected chi connectivity index (χ4v) is 2.07. The quantitative estimate of drug-likeness (QED) is 0.195. The first-order valence-electron chi connectivity index (χ1n) is 6.47. The monoisotopic (exact) mass is 364 g/mol. The van der Waals surface area contributed by atoms with E-state index in [2.05, 4.69) is 19.0 Å². The molecule has 0 saturated heterocycles. The van der Waals surface area contributed by atoms with Crippen LogP contribution in [0.5, 0.6) is 0 Å². The number of aliphatic hydroxyl groups is 2. The summed E-state index contributed by atoms with van der Waals surface area (Å²) in [5.74, 6) is 0. The second-order valence-electron chi connectivity index (χ2n) is 4.60. The molecule has 0 spiro atoms. The van der Waals surface area contributed by atoms with Crippen LogP contribution in [-0.2, 0) is 28.6 Å². The molecule has 0 aliphatic rings. The third kappa shape index (κ3) is 14.6.